The minimum Gasteiger partial charge on any atom is -0.483 e. The molecule has 2 aromatic carbocycles. The second-order valence-corrected chi connectivity index (χ2v) is 12.9. The third-order valence-corrected chi connectivity index (χ3v) is 7.89. The van der Waals surface area contributed by atoms with Crippen LogP contribution in [0.2, 0.25) is 0 Å². The van der Waals surface area contributed by atoms with Crippen molar-refractivity contribution in [1.29, 1.82) is 0 Å². The molecule has 0 saturated carbocycles. The number of nitrogens with one attached hydrogen (secondary N) is 2. The van der Waals surface area contributed by atoms with Gasteiger partial charge in [0.25, 0.3) is 5.91 Å². The van der Waals surface area contributed by atoms with Crippen molar-refractivity contribution in [2.24, 2.45) is 0 Å². The predicted molar refractivity (Wildman–Crippen MR) is 173 cm³/mol. The fraction of sp³-hybridized carbons (Fsp3) is 0.472. The molecule has 0 aliphatic carbocycles. The summed E-state index contributed by atoms with van der Waals surface area (Å²) in [6, 6.07) is 19.6. The summed E-state index contributed by atoms with van der Waals surface area (Å²) >= 11 is 0. The van der Waals surface area contributed by atoms with E-state index in [2.05, 4.69) is 32.7 Å². The molecule has 2 amide bonds. The van der Waals surface area contributed by atoms with Gasteiger partial charge in [-0.1, -0.05) is 54.6 Å². The first kappa shape index (κ1) is 33.1. The molecular weight excluding hydrogens is 552 g/mol. The molecule has 1 fully saturated rings. The first-order chi connectivity index (χ1) is 21.1. The molecule has 8 heteroatoms. The Bertz CT molecular complexity index is 1320. The molecule has 8 nitrogen and oxygen atoms in total. The number of piperidine rings is 1. The van der Waals surface area contributed by atoms with Crippen molar-refractivity contribution in [3.8, 4) is 5.75 Å². The van der Waals surface area contributed by atoms with E-state index in [4.69, 9.17) is 9.47 Å². The maximum atomic E-state index is 13.5. The number of para-hydroxylation sites is 1. The van der Waals surface area contributed by atoms with Crippen molar-refractivity contribution in [3.05, 3.63) is 95.3 Å². The maximum Gasteiger partial charge on any atom is 0.258 e. The van der Waals surface area contributed by atoms with Crippen LogP contribution in [0.15, 0.2) is 73.1 Å². The van der Waals surface area contributed by atoms with Gasteiger partial charge < -0.3 is 20.1 Å². The molecule has 3 aromatic rings. The average molecular weight is 601 g/mol. The zero-order chi connectivity index (χ0) is 31.5. The Hall–Kier alpha value is -3.75. The van der Waals surface area contributed by atoms with Crippen molar-refractivity contribution in [2.75, 3.05) is 19.7 Å². The van der Waals surface area contributed by atoms with Crippen LogP contribution >= 0.6 is 0 Å². The van der Waals surface area contributed by atoms with Gasteiger partial charge in [-0.25, -0.2) is 0 Å². The zero-order valence-electron chi connectivity index (χ0n) is 26.8. The first-order valence-corrected chi connectivity index (χ1v) is 15.7. The van der Waals surface area contributed by atoms with E-state index in [0.717, 1.165) is 41.0 Å². The van der Waals surface area contributed by atoms with E-state index in [1.54, 1.807) is 6.20 Å². The van der Waals surface area contributed by atoms with Gasteiger partial charge in [0.1, 0.15) is 5.75 Å². The number of aryl methyl sites for hydroxylation is 2. The lowest BCUT2D eigenvalue weighted by atomic mass is 9.95. The number of rotatable bonds is 13. The number of hydrogen-bond acceptors (Lipinski definition) is 6. The molecule has 2 N–H and O–H groups in total. The van der Waals surface area contributed by atoms with Gasteiger partial charge >= 0.3 is 0 Å². The number of likely N-dealkylation sites (tertiary alicyclic amines) is 1. The van der Waals surface area contributed by atoms with Crippen molar-refractivity contribution < 1.29 is 19.1 Å². The number of ether oxygens (including phenoxy) is 2. The normalized spacial score (nSPS) is 17.9. The Kier molecular flexibility index (Phi) is 11.9. The average Bonchev–Trinajstić information content (AvgIpc) is 2.99. The highest BCUT2D eigenvalue weighted by Gasteiger charge is 2.35. The van der Waals surface area contributed by atoms with E-state index in [0.29, 0.717) is 32.4 Å². The van der Waals surface area contributed by atoms with E-state index in [1.165, 1.54) is 0 Å². The molecule has 1 saturated heterocycles. The van der Waals surface area contributed by atoms with Crippen molar-refractivity contribution in [2.45, 2.75) is 90.6 Å². The number of hydrogen-bond donors (Lipinski definition) is 2. The van der Waals surface area contributed by atoms with E-state index in [9.17, 15) is 9.59 Å². The van der Waals surface area contributed by atoms with Gasteiger partial charge in [-0.05, 0) is 88.6 Å². The lowest BCUT2D eigenvalue weighted by Gasteiger charge is -2.40. The molecule has 1 aromatic heterocycles. The summed E-state index contributed by atoms with van der Waals surface area (Å²) in [7, 11) is 0. The van der Waals surface area contributed by atoms with Gasteiger partial charge in [-0.15, -0.1) is 0 Å². The predicted octanol–water partition coefficient (Wildman–Crippen LogP) is 5.16. The van der Waals surface area contributed by atoms with Gasteiger partial charge in [0, 0.05) is 37.1 Å². The number of nitrogens with zero attached hydrogens (tertiary/aromatic N) is 2. The van der Waals surface area contributed by atoms with E-state index in [-0.39, 0.29) is 42.1 Å². The number of amides is 2. The summed E-state index contributed by atoms with van der Waals surface area (Å²) in [5, 5.41) is 6.40. The van der Waals surface area contributed by atoms with Gasteiger partial charge in [0.15, 0.2) is 6.61 Å². The first-order valence-electron chi connectivity index (χ1n) is 15.7. The summed E-state index contributed by atoms with van der Waals surface area (Å²) in [5.41, 5.74) is 3.84. The van der Waals surface area contributed by atoms with Crippen LogP contribution < -0.4 is 15.4 Å². The fourth-order valence-electron chi connectivity index (χ4n) is 5.70. The lowest BCUT2D eigenvalue weighted by Crippen LogP contribution is -2.56. The quantitative estimate of drug-likeness (QED) is 0.282. The van der Waals surface area contributed by atoms with E-state index in [1.807, 2.05) is 89.3 Å². The third kappa shape index (κ3) is 10.5. The molecule has 0 bridgehead atoms. The maximum absolute atomic E-state index is 13.5. The van der Waals surface area contributed by atoms with Gasteiger partial charge in [0.2, 0.25) is 5.91 Å². The highest BCUT2D eigenvalue weighted by atomic mass is 16.5. The van der Waals surface area contributed by atoms with Crippen molar-refractivity contribution in [3.63, 3.8) is 0 Å². The summed E-state index contributed by atoms with van der Waals surface area (Å²) in [6.07, 6.45) is 6.38. The van der Waals surface area contributed by atoms with Gasteiger partial charge in [0.05, 0.1) is 18.8 Å². The van der Waals surface area contributed by atoms with Crippen LogP contribution in [0.1, 0.15) is 62.3 Å². The molecule has 3 atom stereocenters. The molecule has 44 heavy (non-hydrogen) atoms. The largest absolute Gasteiger partial charge is 0.483 e. The topological polar surface area (TPSA) is 92.8 Å². The second kappa shape index (κ2) is 15.8. The Labute approximate surface area is 262 Å². The lowest BCUT2D eigenvalue weighted by molar-refractivity contribution is -0.132. The van der Waals surface area contributed by atoms with Crippen LogP contribution in [0.3, 0.4) is 0 Å². The highest BCUT2D eigenvalue weighted by Crippen LogP contribution is 2.24. The Morgan fingerprint density at radius 2 is 1.73 bits per heavy atom. The highest BCUT2D eigenvalue weighted by molar-refractivity contribution is 5.82. The number of benzene rings is 2. The second-order valence-electron chi connectivity index (χ2n) is 12.9. The Morgan fingerprint density at radius 1 is 1.00 bits per heavy atom. The van der Waals surface area contributed by atoms with Crippen LogP contribution in [-0.2, 0) is 27.4 Å². The van der Waals surface area contributed by atoms with E-state index < -0.39 is 0 Å². The molecule has 2 heterocycles. The number of pyridine rings is 1. The Balaban J connectivity index is 1.41. The molecular formula is C36H48N4O4. The number of carbonyl (C=O) groups excluding carboxylic acids is 2. The smallest absolute Gasteiger partial charge is 0.258 e. The standard InChI is InChI=1S/C36H48N4O4/c1-26-11-9-12-27(2)34(26)44-25-33(41)38-30(21-28-13-7-6-8-14-28)16-19-40-20-17-31(43-24-29-15-10-18-37-23-29)22-32(40)35(42)39-36(3,4)5/h6-15,18,23,30-32H,16-17,19-22,24-25H2,1-5H3,(H,38,41)(H,39,42)/t30-,31-,32+/m1/s1. The molecule has 4 rings (SSSR count). The minimum absolute atomic E-state index is 0.0119. The third-order valence-electron chi connectivity index (χ3n) is 7.89. The molecule has 236 valence electrons. The molecule has 1 aliphatic rings. The Morgan fingerprint density at radius 3 is 2.41 bits per heavy atom. The summed E-state index contributed by atoms with van der Waals surface area (Å²) in [5.74, 6) is 0.611. The molecule has 0 unspecified atom stereocenters. The SMILES string of the molecule is Cc1cccc(C)c1OCC(=O)N[C@H](CCN1CC[C@@H](OCc2cccnc2)C[C@H]1C(=O)NC(C)(C)C)Cc1ccccc1. The van der Waals surface area contributed by atoms with Gasteiger partial charge in [-0.2, -0.15) is 0 Å². The minimum atomic E-state index is -0.342. The van der Waals surface area contributed by atoms with E-state index >= 15 is 0 Å². The monoisotopic (exact) mass is 600 g/mol. The molecule has 0 radical (unpaired) electrons. The molecule has 0 spiro atoms. The van der Waals surface area contributed by atoms with Crippen LogP contribution in [0.25, 0.3) is 0 Å². The summed E-state index contributed by atoms with van der Waals surface area (Å²) < 4.78 is 12.2. The van der Waals surface area contributed by atoms with Crippen molar-refractivity contribution >= 4 is 11.8 Å². The van der Waals surface area contributed by atoms with Crippen LogP contribution in [0.4, 0.5) is 0 Å². The fourth-order valence-corrected chi connectivity index (χ4v) is 5.70. The summed E-state index contributed by atoms with van der Waals surface area (Å²) in [4.78, 5) is 33.1. The molecule has 1 aliphatic heterocycles. The van der Waals surface area contributed by atoms with Crippen LogP contribution in [-0.4, -0.2) is 65.1 Å². The van der Waals surface area contributed by atoms with Crippen LogP contribution in [0.5, 0.6) is 5.75 Å². The van der Waals surface area contributed by atoms with Crippen molar-refractivity contribution in [1.82, 2.24) is 20.5 Å². The summed E-state index contributed by atoms with van der Waals surface area (Å²) in [6.45, 7) is 11.8. The zero-order valence-corrected chi connectivity index (χ0v) is 26.8. The number of aromatic nitrogens is 1. The van der Waals surface area contributed by atoms with Gasteiger partial charge in [-0.3, -0.25) is 19.5 Å². The number of carbonyl (C=O) groups is 2. The van der Waals surface area contributed by atoms with Crippen LogP contribution in [0, 0.1) is 13.8 Å².